The summed E-state index contributed by atoms with van der Waals surface area (Å²) in [6.07, 6.45) is 0. The van der Waals surface area contributed by atoms with E-state index in [0.717, 1.165) is 10.0 Å². The molecule has 0 unspecified atom stereocenters. The summed E-state index contributed by atoms with van der Waals surface area (Å²) < 4.78 is 33.8. The number of benzene rings is 3. The lowest BCUT2D eigenvalue weighted by Gasteiger charge is -2.15. The van der Waals surface area contributed by atoms with Gasteiger partial charge in [-0.05, 0) is 61.0 Å². The molecular weight excluding hydrogens is 468 g/mol. The van der Waals surface area contributed by atoms with Crippen LogP contribution in [-0.4, -0.2) is 20.9 Å². The second-order valence-corrected chi connectivity index (χ2v) is 9.17. The first kappa shape index (κ1) is 21.9. The number of halogens is 1. The van der Waals surface area contributed by atoms with E-state index >= 15 is 0 Å². The molecule has 0 aromatic heterocycles. The molecule has 8 heteroatoms. The summed E-state index contributed by atoms with van der Waals surface area (Å²) >= 11 is 3.38. The van der Waals surface area contributed by atoms with Crippen molar-refractivity contribution in [2.75, 3.05) is 11.3 Å². The maximum atomic E-state index is 12.4. The molecule has 0 aliphatic carbocycles. The van der Waals surface area contributed by atoms with Crippen LogP contribution in [0.4, 0.5) is 5.69 Å². The molecule has 3 aromatic carbocycles. The number of amides is 1. The average molecular weight is 489 g/mol. The van der Waals surface area contributed by atoms with Gasteiger partial charge in [0, 0.05) is 10.2 Å². The maximum Gasteiger partial charge on any atom is 0.261 e. The van der Waals surface area contributed by atoms with Crippen molar-refractivity contribution in [1.29, 1.82) is 0 Å². The highest BCUT2D eigenvalue weighted by Crippen LogP contribution is 2.20. The molecule has 0 saturated carbocycles. The molecule has 1 atom stereocenters. The SMILES string of the molecule is C[C@H](NC(=O)COc1ccc(S(=O)(=O)Nc2ccccc2)cc1)c1ccc(Br)cc1. The Hall–Kier alpha value is -2.84. The van der Waals surface area contributed by atoms with E-state index in [2.05, 4.69) is 26.0 Å². The number of anilines is 1. The van der Waals surface area contributed by atoms with Crippen LogP contribution in [-0.2, 0) is 14.8 Å². The van der Waals surface area contributed by atoms with Gasteiger partial charge in [0.15, 0.2) is 6.61 Å². The Bertz CT molecular complexity index is 1090. The minimum Gasteiger partial charge on any atom is -0.484 e. The Labute approximate surface area is 184 Å². The molecule has 0 spiro atoms. The first-order valence-electron chi connectivity index (χ1n) is 9.19. The van der Waals surface area contributed by atoms with E-state index in [1.54, 1.807) is 30.3 Å². The lowest BCUT2D eigenvalue weighted by Crippen LogP contribution is -2.31. The van der Waals surface area contributed by atoms with Crippen molar-refractivity contribution in [2.24, 2.45) is 0 Å². The van der Waals surface area contributed by atoms with Crippen LogP contribution < -0.4 is 14.8 Å². The molecule has 0 aliphatic rings. The molecule has 0 fully saturated rings. The second kappa shape index (κ2) is 9.77. The molecule has 1 amide bonds. The Morgan fingerprint density at radius 3 is 2.23 bits per heavy atom. The molecule has 0 saturated heterocycles. The largest absolute Gasteiger partial charge is 0.484 e. The molecule has 0 aliphatic heterocycles. The van der Waals surface area contributed by atoms with Crippen LogP contribution in [0.5, 0.6) is 5.75 Å². The standard InChI is InChI=1S/C22H21BrN2O4S/c1-16(17-7-9-18(23)10-8-17)24-22(26)15-29-20-11-13-21(14-12-20)30(27,28)25-19-5-3-2-4-6-19/h2-14,16,25H,15H2,1H3,(H,24,26)/t16-/m0/s1. The fourth-order valence-electron chi connectivity index (χ4n) is 2.70. The number of carbonyl (C=O) groups is 1. The molecule has 0 radical (unpaired) electrons. The number of para-hydroxylation sites is 1. The molecular formula is C22H21BrN2O4S. The summed E-state index contributed by atoms with van der Waals surface area (Å²) in [6, 6.07) is 22.1. The van der Waals surface area contributed by atoms with Crippen LogP contribution in [0.15, 0.2) is 88.2 Å². The summed E-state index contributed by atoms with van der Waals surface area (Å²) in [4.78, 5) is 12.2. The quantitative estimate of drug-likeness (QED) is 0.488. The van der Waals surface area contributed by atoms with Crippen molar-refractivity contribution in [3.8, 4) is 5.75 Å². The van der Waals surface area contributed by atoms with E-state index in [1.807, 2.05) is 31.2 Å². The van der Waals surface area contributed by atoms with E-state index in [0.29, 0.717) is 11.4 Å². The van der Waals surface area contributed by atoms with Crippen LogP contribution >= 0.6 is 15.9 Å². The Kier molecular flexibility index (Phi) is 7.12. The molecule has 2 N–H and O–H groups in total. The zero-order valence-electron chi connectivity index (χ0n) is 16.2. The Balaban J connectivity index is 1.54. The summed E-state index contributed by atoms with van der Waals surface area (Å²) in [5.41, 5.74) is 1.46. The first-order valence-corrected chi connectivity index (χ1v) is 11.5. The molecule has 156 valence electrons. The maximum absolute atomic E-state index is 12.4. The van der Waals surface area contributed by atoms with Crippen LogP contribution in [0.2, 0.25) is 0 Å². The fraction of sp³-hybridized carbons (Fsp3) is 0.136. The molecule has 6 nitrogen and oxygen atoms in total. The third-order valence-corrected chi connectivity index (χ3v) is 6.20. The summed E-state index contributed by atoms with van der Waals surface area (Å²) in [6.45, 7) is 1.72. The monoisotopic (exact) mass is 488 g/mol. The van der Waals surface area contributed by atoms with E-state index in [4.69, 9.17) is 4.74 Å². The minimum atomic E-state index is -3.70. The highest BCUT2D eigenvalue weighted by Gasteiger charge is 2.15. The van der Waals surface area contributed by atoms with Crippen molar-refractivity contribution in [2.45, 2.75) is 17.9 Å². The zero-order valence-corrected chi connectivity index (χ0v) is 18.6. The van der Waals surface area contributed by atoms with E-state index in [1.165, 1.54) is 24.3 Å². The van der Waals surface area contributed by atoms with E-state index in [-0.39, 0.29) is 23.5 Å². The average Bonchev–Trinajstić information content (AvgIpc) is 2.73. The molecule has 0 heterocycles. The normalized spacial score (nSPS) is 12.1. The third-order valence-electron chi connectivity index (χ3n) is 4.28. The van der Waals surface area contributed by atoms with Gasteiger partial charge in [0.05, 0.1) is 10.9 Å². The predicted octanol–water partition coefficient (Wildman–Crippen LogP) is 4.51. The highest BCUT2D eigenvalue weighted by atomic mass is 79.9. The van der Waals surface area contributed by atoms with Gasteiger partial charge < -0.3 is 10.1 Å². The van der Waals surface area contributed by atoms with E-state index < -0.39 is 10.0 Å². The number of sulfonamides is 1. The molecule has 0 bridgehead atoms. The zero-order chi connectivity index (χ0) is 21.6. The van der Waals surface area contributed by atoms with Crippen molar-refractivity contribution >= 4 is 37.5 Å². The number of rotatable bonds is 8. The van der Waals surface area contributed by atoms with Crippen LogP contribution in [0.3, 0.4) is 0 Å². The van der Waals surface area contributed by atoms with Gasteiger partial charge in [0.2, 0.25) is 0 Å². The Morgan fingerprint density at radius 2 is 1.60 bits per heavy atom. The van der Waals surface area contributed by atoms with Crippen molar-refractivity contribution in [3.05, 3.63) is 88.9 Å². The van der Waals surface area contributed by atoms with Crippen molar-refractivity contribution < 1.29 is 17.9 Å². The van der Waals surface area contributed by atoms with Crippen LogP contribution in [0.1, 0.15) is 18.5 Å². The number of carbonyl (C=O) groups excluding carboxylic acids is 1. The van der Waals surface area contributed by atoms with Gasteiger partial charge >= 0.3 is 0 Å². The highest BCUT2D eigenvalue weighted by molar-refractivity contribution is 9.10. The number of hydrogen-bond acceptors (Lipinski definition) is 4. The Morgan fingerprint density at radius 1 is 0.967 bits per heavy atom. The fourth-order valence-corrected chi connectivity index (χ4v) is 4.03. The topological polar surface area (TPSA) is 84.5 Å². The predicted molar refractivity (Wildman–Crippen MR) is 120 cm³/mol. The number of ether oxygens (including phenoxy) is 1. The van der Waals surface area contributed by atoms with E-state index in [9.17, 15) is 13.2 Å². The molecule has 3 rings (SSSR count). The van der Waals surface area contributed by atoms with Gasteiger partial charge in [0.25, 0.3) is 15.9 Å². The molecule has 30 heavy (non-hydrogen) atoms. The van der Waals surface area contributed by atoms with Gasteiger partial charge in [0.1, 0.15) is 5.75 Å². The van der Waals surface area contributed by atoms with Crippen LogP contribution in [0.25, 0.3) is 0 Å². The van der Waals surface area contributed by atoms with Crippen LogP contribution in [0, 0.1) is 0 Å². The summed E-state index contributed by atoms with van der Waals surface area (Å²) in [5, 5.41) is 2.86. The van der Waals surface area contributed by atoms with Crippen molar-refractivity contribution in [3.63, 3.8) is 0 Å². The smallest absolute Gasteiger partial charge is 0.261 e. The number of hydrogen-bond donors (Lipinski definition) is 2. The van der Waals surface area contributed by atoms with Crippen molar-refractivity contribution in [1.82, 2.24) is 5.32 Å². The second-order valence-electron chi connectivity index (χ2n) is 6.57. The van der Waals surface area contributed by atoms with Gasteiger partial charge in [-0.2, -0.15) is 0 Å². The molecule has 3 aromatic rings. The van der Waals surface area contributed by atoms with Gasteiger partial charge in [-0.3, -0.25) is 9.52 Å². The summed E-state index contributed by atoms with van der Waals surface area (Å²) in [5.74, 6) is 0.132. The lowest BCUT2D eigenvalue weighted by molar-refractivity contribution is -0.123. The van der Waals surface area contributed by atoms with Gasteiger partial charge in [-0.25, -0.2) is 8.42 Å². The first-order chi connectivity index (χ1) is 14.3. The summed E-state index contributed by atoms with van der Waals surface area (Å²) in [7, 11) is -3.70. The lowest BCUT2D eigenvalue weighted by atomic mass is 10.1. The van der Waals surface area contributed by atoms with Gasteiger partial charge in [-0.15, -0.1) is 0 Å². The number of nitrogens with one attached hydrogen (secondary N) is 2. The third kappa shape index (κ3) is 6.08. The van der Waals surface area contributed by atoms with Gasteiger partial charge in [-0.1, -0.05) is 46.3 Å². The minimum absolute atomic E-state index is 0.104.